The predicted molar refractivity (Wildman–Crippen MR) is 125 cm³/mol. The van der Waals surface area contributed by atoms with Gasteiger partial charge in [0.05, 0.1) is 22.6 Å². The molecule has 0 N–H and O–H groups in total. The van der Waals surface area contributed by atoms with Crippen LogP contribution < -0.4 is 0 Å². The second-order valence-electron chi connectivity index (χ2n) is 8.87. The fraction of sp³-hybridized carbons (Fsp3) is 0.375. The monoisotopic (exact) mass is 513 g/mol. The highest BCUT2D eigenvalue weighted by atomic mass is 79.9. The first-order valence-corrected chi connectivity index (χ1v) is 12.0. The molecule has 2 aromatic heterocycles. The van der Waals surface area contributed by atoms with Crippen LogP contribution in [0.2, 0.25) is 0 Å². The van der Waals surface area contributed by atoms with Crippen LogP contribution in [0.3, 0.4) is 0 Å². The summed E-state index contributed by atoms with van der Waals surface area (Å²) in [5.41, 5.74) is 2.64. The number of benzene rings is 2. The molecule has 0 unspecified atom stereocenters. The van der Waals surface area contributed by atoms with Gasteiger partial charge in [0, 0.05) is 30.0 Å². The van der Waals surface area contributed by atoms with Crippen LogP contribution in [0.15, 0.2) is 47.1 Å². The van der Waals surface area contributed by atoms with Crippen molar-refractivity contribution in [3.8, 4) is 0 Å². The molecular formula is C24H22BrF2N5O. The van der Waals surface area contributed by atoms with Gasteiger partial charge >= 0.3 is 6.55 Å². The van der Waals surface area contributed by atoms with Crippen LogP contribution >= 0.6 is 15.9 Å². The number of nitrogens with zero attached hydrogens (tertiary/aromatic N) is 5. The van der Waals surface area contributed by atoms with Crippen molar-refractivity contribution in [2.75, 3.05) is 13.1 Å². The number of alkyl halides is 2. The van der Waals surface area contributed by atoms with Gasteiger partial charge in [0.15, 0.2) is 0 Å². The number of rotatable bonds is 4. The summed E-state index contributed by atoms with van der Waals surface area (Å²) in [6.45, 7) is -1.62. The van der Waals surface area contributed by atoms with E-state index in [1.54, 1.807) is 24.3 Å². The zero-order valence-corrected chi connectivity index (χ0v) is 19.4. The Labute approximate surface area is 197 Å². The number of halogens is 3. The Bertz CT molecular complexity index is 1370. The molecule has 0 bridgehead atoms. The van der Waals surface area contributed by atoms with Crippen LogP contribution in [0.25, 0.3) is 21.9 Å². The van der Waals surface area contributed by atoms with E-state index in [2.05, 4.69) is 26.0 Å². The van der Waals surface area contributed by atoms with Crippen LogP contribution in [0.4, 0.5) is 8.78 Å². The maximum absolute atomic E-state index is 13.8. The van der Waals surface area contributed by atoms with Crippen LogP contribution in [0.1, 0.15) is 60.4 Å². The van der Waals surface area contributed by atoms with Gasteiger partial charge in [-0.1, -0.05) is 12.1 Å². The third kappa shape index (κ3) is 3.53. The van der Waals surface area contributed by atoms with Crippen molar-refractivity contribution in [1.29, 1.82) is 0 Å². The molecule has 2 aromatic carbocycles. The predicted octanol–water partition coefficient (Wildman–Crippen LogP) is 5.90. The molecule has 2 fully saturated rings. The molecule has 1 aliphatic heterocycles. The number of para-hydroxylation sites is 2. The average molecular weight is 514 g/mol. The molecule has 1 saturated heterocycles. The second-order valence-corrected chi connectivity index (χ2v) is 9.62. The lowest BCUT2D eigenvalue weighted by Gasteiger charge is -2.32. The van der Waals surface area contributed by atoms with Crippen LogP contribution in [-0.2, 0) is 0 Å². The van der Waals surface area contributed by atoms with Crippen molar-refractivity contribution in [2.45, 2.75) is 44.2 Å². The molecule has 0 atom stereocenters. The Morgan fingerprint density at radius 2 is 1.79 bits per heavy atom. The molecule has 4 aromatic rings. The van der Waals surface area contributed by atoms with Crippen molar-refractivity contribution in [3.63, 3.8) is 0 Å². The number of hydrogen-bond donors (Lipinski definition) is 0. The minimum Gasteiger partial charge on any atom is -0.339 e. The summed E-state index contributed by atoms with van der Waals surface area (Å²) in [4.78, 5) is 19.6. The van der Waals surface area contributed by atoms with Crippen LogP contribution in [0, 0.1) is 0 Å². The molecular weight excluding hydrogens is 492 g/mol. The standard InChI is InChI=1S/C24H22BrF2N5O/c25-21-17-8-5-15(13-20(17)32(29-21)16-6-7-16)23(33)30-11-9-14(10-12-30)22-28-18-3-1-2-4-19(18)31(22)24(26)27/h1-5,8,13-14,16,24H,6-7,9-12H2. The summed E-state index contributed by atoms with van der Waals surface area (Å²) in [5.74, 6) is 0.278. The number of aromatic nitrogens is 4. The van der Waals surface area contributed by atoms with E-state index in [4.69, 9.17) is 0 Å². The number of likely N-dealkylation sites (tertiary alicyclic amines) is 1. The SMILES string of the molecule is O=C(c1ccc2c(Br)nn(C3CC3)c2c1)N1CCC(c2nc3ccccc3n2C(F)F)CC1. The highest BCUT2D eigenvalue weighted by Gasteiger charge is 2.31. The average Bonchev–Trinajstić information content (AvgIpc) is 3.52. The van der Waals surface area contributed by atoms with E-state index in [1.165, 1.54) is 0 Å². The number of carbonyl (C=O) groups is 1. The third-order valence-electron chi connectivity index (χ3n) is 6.77. The lowest BCUT2D eigenvalue weighted by atomic mass is 9.95. The molecule has 1 saturated carbocycles. The lowest BCUT2D eigenvalue weighted by molar-refractivity contribution is 0.0634. The van der Waals surface area contributed by atoms with Crippen molar-refractivity contribution in [2.24, 2.45) is 0 Å². The molecule has 3 heterocycles. The highest BCUT2D eigenvalue weighted by molar-refractivity contribution is 9.10. The molecule has 0 radical (unpaired) electrons. The molecule has 6 rings (SSSR count). The molecule has 170 valence electrons. The Morgan fingerprint density at radius 3 is 2.52 bits per heavy atom. The summed E-state index contributed by atoms with van der Waals surface area (Å²) >= 11 is 3.52. The topological polar surface area (TPSA) is 56.0 Å². The number of hydrogen-bond acceptors (Lipinski definition) is 3. The van der Waals surface area contributed by atoms with E-state index in [0.29, 0.717) is 54.4 Å². The van der Waals surface area contributed by atoms with E-state index in [9.17, 15) is 13.6 Å². The zero-order chi connectivity index (χ0) is 22.7. The Balaban J connectivity index is 1.23. The van der Waals surface area contributed by atoms with Crippen molar-refractivity contribution >= 4 is 43.8 Å². The first-order chi connectivity index (χ1) is 16.0. The molecule has 9 heteroatoms. The van der Waals surface area contributed by atoms with Gasteiger partial charge in [-0.2, -0.15) is 13.9 Å². The quantitative estimate of drug-likeness (QED) is 0.341. The highest BCUT2D eigenvalue weighted by Crippen LogP contribution is 2.39. The summed E-state index contributed by atoms with van der Waals surface area (Å²) in [7, 11) is 0. The fourth-order valence-corrected chi connectivity index (χ4v) is 5.41. The summed E-state index contributed by atoms with van der Waals surface area (Å²) in [5, 5.41) is 5.59. The van der Waals surface area contributed by atoms with Gasteiger partial charge in [0.25, 0.3) is 5.91 Å². The number of carbonyl (C=O) groups excluding carboxylic acids is 1. The second kappa shape index (κ2) is 7.90. The molecule has 1 aliphatic carbocycles. The largest absolute Gasteiger partial charge is 0.339 e. The third-order valence-corrected chi connectivity index (χ3v) is 7.35. The van der Waals surface area contributed by atoms with Gasteiger partial charge in [-0.25, -0.2) is 4.98 Å². The van der Waals surface area contributed by atoms with Gasteiger partial charge in [-0.05, 0) is 71.9 Å². The number of amides is 1. The van der Waals surface area contributed by atoms with Gasteiger partial charge in [-0.15, -0.1) is 0 Å². The number of fused-ring (bicyclic) bond motifs is 2. The maximum atomic E-state index is 13.8. The van der Waals surface area contributed by atoms with E-state index in [-0.39, 0.29) is 11.8 Å². The summed E-state index contributed by atoms with van der Waals surface area (Å²) in [6, 6.07) is 13.1. The van der Waals surface area contributed by atoms with Crippen LogP contribution in [-0.4, -0.2) is 43.2 Å². The minimum atomic E-state index is -2.64. The fourth-order valence-electron chi connectivity index (χ4n) is 4.91. The Kier molecular flexibility index (Phi) is 4.97. The van der Waals surface area contributed by atoms with Gasteiger partial charge in [-0.3, -0.25) is 14.0 Å². The van der Waals surface area contributed by atoms with Crippen molar-refractivity contribution in [3.05, 3.63) is 58.5 Å². The Morgan fingerprint density at radius 1 is 1.03 bits per heavy atom. The smallest absolute Gasteiger partial charge is 0.320 e. The molecule has 33 heavy (non-hydrogen) atoms. The normalized spacial score (nSPS) is 17.5. The molecule has 2 aliphatic rings. The van der Waals surface area contributed by atoms with Crippen LogP contribution in [0.5, 0.6) is 0 Å². The maximum Gasteiger partial charge on any atom is 0.320 e. The minimum absolute atomic E-state index is 0.0302. The zero-order valence-electron chi connectivity index (χ0n) is 17.8. The first-order valence-electron chi connectivity index (χ1n) is 11.2. The van der Waals surface area contributed by atoms with Gasteiger partial charge in [0.1, 0.15) is 10.4 Å². The number of piperidine rings is 1. The van der Waals surface area contributed by atoms with Crippen molar-refractivity contribution in [1.82, 2.24) is 24.2 Å². The Hall–Kier alpha value is -2.81. The molecule has 0 spiro atoms. The van der Waals surface area contributed by atoms with E-state index < -0.39 is 6.55 Å². The van der Waals surface area contributed by atoms with Gasteiger partial charge < -0.3 is 4.90 Å². The van der Waals surface area contributed by atoms with Crippen molar-refractivity contribution < 1.29 is 13.6 Å². The number of imidazole rings is 1. The van der Waals surface area contributed by atoms with E-state index >= 15 is 0 Å². The first kappa shape index (κ1) is 20.8. The summed E-state index contributed by atoms with van der Waals surface area (Å²) in [6.07, 6.45) is 3.43. The lowest BCUT2D eigenvalue weighted by Crippen LogP contribution is -2.38. The summed E-state index contributed by atoms with van der Waals surface area (Å²) < 4.78 is 31.5. The van der Waals surface area contributed by atoms with E-state index in [0.717, 1.165) is 32.9 Å². The molecule has 6 nitrogen and oxygen atoms in total. The van der Waals surface area contributed by atoms with Gasteiger partial charge in [0.2, 0.25) is 0 Å². The van der Waals surface area contributed by atoms with E-state index in [1.807, 2.05) is 27.8 Å². The molecule has 1 amide bonds.